The minimum absolute atomic E-state index is 0.0206. The second kappa shape index (κ2) is 7.34. The fourth-order valence-electron chi connectivity index (χ4n) is 5.83. The molecule has 1 atom stereocenters. The summed E-state index contributed by atoms with van der Waals surface area (Å²) >= 11 is 0. The van der Waals surface area contributed by atoms with E-state index in [1.54, 1.807) is 0 Å². The molecule has 164 valence electrons. The molecular formula is C28H33N3Si. The van der Waals surface area contributed by atoms with Crippen molar-refractivity contribution in [2.24, 2.45) is 0 Å². The summed E-state index contributed by atoms with van der Waals surface area (Å²) in [5, 5.41) is 1.45. The Labute approximate surface area is 193 Å². The molecule has 0 spiro atoms. The average Bonchev–Trinajstić information content (AvgIpc) is 3.15. The molecular weight excluding hydrogens is 406 g/mol. The maximum atomic E-state index is 4.99. The Hall–Kier alpha value is -2.85. The number of pyridine rings is 1. The predicted molar refractivity (Wildman–Crippen MR) is 140 cm³/mol. The molecule has 0 saturated carbocycles. The molecule has 3 heterocycles. The van der Waals surface area contributed by atoms with Crippen LogP contribution in [0.5, 0.6) is 0 Å². The third-order valence-electron chi connectivity index (χ3n) is 7.52. The van der Waals surface area contributed by atoms with E-state index in [1.807, 2.05) is 6.20 Å². The summed E-state index contributed by atoms with van der Waals surface area (Å²) in [7, 11) is -1.63. The van der Waals surface area contributed by atoms with Gasteiger partial charge in [0.05, 0.1) is 13.8 Å². The summed E-state index contributed by atoms with van der Waals surface area (Å²) in [6.45, 7) is 16.7. The lowest BCUT2D eigenvalue weighted by molar-refractivity contribution is 0.425. The van der Waals surface area contributed by atoms with Gasteiger partial charge in [-0.1, -0.05) is 76.5 Å². The zero-order valence-corrected chi connectivity index (χ0v) is 20.9. The van der Waals surface area contributed by atoms with Crippen LogP contribution in [0.1, 0.15) is 32.3 Å². The van der Waals surface area contributed by atoms with Crippen molar-refractivity contribution in [3.8, 4) is 0 Å². The fraction of sp³-hybridized carbons (Fsp3) is 0.321. The quantitative estimate of drug-likeness (QED) is 0.327. The Morgan fingerprint density at radius 1 is 0.906 bits per heavy atom. The first-order valence-corrected chi connectivity index (χ1v) is 15.3. The highest BCUT2D eigenvalue weighted by Gasteiger charge is 2.52. The summed E-state index contributed by atoms with van der Waals surface area (Å²) in [6.07, 6.45) is 4.10. The third-order valence-corrected chi connectivity index (χ3v) is 9.54. The number of rotatable bonds is 4. The van der Waals surface area contributed by atoms with E-state index >= 15 is 0 Å². The van der Waals surface area contributed by atoms with Crippen molar-refractivity contribution >= 4 is 36.1 Å². The number of anilines is 4. The highest BCUT2D eigenvalue weighted by molar-refractivity contribution is 6.90. The van der Waals surface area contributed by atoms with Crippen LogP contribution in [0.15, 0.2) is 79.0 Å². The highest BCUT2D eigenvalue weighted by atomic mass is 28.3. The molecule has 2 aliphatic heterocycles. The van der Waals surface area contributed by atoms with Crippen molar-refractivity contribution in [3.63, 3.8) is 0 Å². The van der Waals surface area contributed by atoms with Gasteiger partial charge in [0.1, 0.15) is 6.17 Å². The van der Waals surface area contributed by atoms with Crippen LogP contribution in [0.2, 0.25) is 19.6 Å². The molecule has 32 heavy (non-hydrogen) atoms. The summed E-state index contributed by atoms with van der Waals surface area (Å²) in [5.41, 5.74) is 6.34. The molecule has 1 unspecified atom stereocenters. The van der Waals surface area contributed by atoms with Crippen molar-refractivity contribution in [1.82, 2.24) is 4.98 Å². The van der Waals surface area contributed by atoms with E-state index in [4.69, 9.17) is 11.6 Å². The van der Waals surface area contributed by atoms with Crippen LogP contribution in [0.3, 0.4) is 0 Å². The zero-order chi connectivity index (χ0) is 22.7. The number of nitrogens with zero attached hydrogens (tertiary/aromatic N) is 3. The number of benzene rings is 2. The fourth-order valence-corrected chi connectivity index (χ4v) is 7.34. The van der Waals surface area contributed by atoms with Gasteiger partial charge in [-0.15, -0.1) is 0 Å². The Kier molecular flexibility index (Phi) is 4.82. The maximum Gasteiger partial charge on any atom is 0.158 e. The van der Waals surface area contributed by atoms with Gasteiger partial charge in [-0.05, 0) is 53.4 Å². The van der Waals surface area contributed by atoms with E-state index in [2.05, 4.69) is 104 Å². The van der Waals surface area contributed by atoms with Gasteiger partial charge >= 0.3 is 0 Å². The summed E-state index contributed by atoms with van der Waals surface area (Å²) in [5.74, 6) is 1.06. The highest BCUT2D eigenvalue weighted by Crippen LogP contribution is 2.58. The number of hydrogen-bond acceptors (Lipinski definition) is 3. The van der Waals surface area contributed by atoms with Gasteiger partial charge in [-0.3, -0.25) is 4.90 Å². The van der Waals surface area contributed by atoms with Crippen LogP contribution in [-0.2, 0) is 5.41 Å². The van der Waals surface area contributed by atoms with Crippen LogP contribution >= 0.6 is 0 Å². The second-order valence-corrected chi connectivity index (χ2v) is 15.1. The molecule has 1 aromatic heterocycles. The van der Waals surface area contributed by atoms with Gasteiger partial charge in [0.25, 0.3) is 0 Å². The minimum Gasteiger partial charge on any atom is -0.313 e. The van der Waals surface area contributed by atoms with E-state index in [0.717, 1.165) is 18.7 Å². The average molecular weight is 440 g/mol. The lowest BCUT2D eigenvalue weighted by atomic mass is 9.66. The van der Waals surface area contributed by atoms with Crippen LogP contribution in [-0.4, -0.2) is 19.2 Å². The van der Waals surface area contributed by atoms with E-state index in [9.17, 15) is 0 Å². The monoisotopic (exact) mass is 439 g/mol. The summed E-state index contributed by atoms with van der Waals surface area (Å²) in [6, 6.07) is 22.0. The molecule has 4 heteroatoms. The molecule has 0 amide bonds. The van der Waals surface area contributed by atoms with Gasteiger partial charge in [0.15, 0.2) is 5.82 Å². The summed E-state index contributed by atoms with van der Waals surface area (Å²) < 4.78 is 0. The smallest absolute Gasteiger partial charge is 0.158 e. The van der Waals surface area contributed by atoms with Crippen molar-refractivity contribution in [1.29, 1.82) is 0 Å². The molecule has 0 aliphatic carbocycles. The molecule has 2 aliphatic rings. The molecule has 0 radical (unpaired) electrons. The molecule has 0 fully saturated rings. The second-order valence-electron chi connectivity index (χ2n) is 10.1. The Morgan fingerprint density at radius 2 is 1.56 bits per heavy atom. The van der Waals surface area contributed by atoms with Crippen LogP contribution in [0.4, 0.5) is 22.9 Å². The van der Waals surface area contributed by atoms with Crippen molar-refractivity contribution in [3.05, 3.63) is 84.6 Å². The molecule has 0 bridgehead atoms. The Balaban J connectivity index is 1.87. The molecule has 3 nitrogen and oxygen atoms in total. The van der Waals surface area contributed by atoms with Crippen molar-refractivity contribution in [2.75, 3.05) is 9.80 Å². The molecule has 0 saturated heterocycles. The first kappa shape index (κ1) is 21.0. The Bertz CT molecular complexity index is 1170. The first-order valence-electron chi connectivity index (χ1n) is 11.8. The molecule has 3 aromatic rings. The third kappa shape index (κ3) is 2.75. The van der Waals surface area contributed by atoms with Crippen LogP contribution in [0.25, 0.3) is 0 Å². The number of para-hydroxylation sites is 2. The standard InChI is InChI=1S/C28H33N3Si/c1-7-28(8-2)20(3)27-30(21-14-10-9-11-15-21)25-24(32(4,5)6)18-19-29-26(25)31(27)23-17-13-12-16-22(23)28/h9-19,27H,3,7-8H2,1-2,4-6H3. The van der Waals surface area contributed by atoms with Gasteiger partial charge in [0.2, 0.25) is 0 Å². The Morgan fingerprint density at radius 3 is 2.22 bits per heavy atom. The zero-order valence-electron chi connectivity index (χ0n) is 19.9. The first-order chi connectivity index (χ1) is 15.3. The normalized spacial score (nSPS) is 18.9. The van der Waals surface area contributed by atoms with Crippen LogP contribution < -0.4 is 15.0 Å². The van der Waals surface area contributed by atoms with E-state index in [-0.39, 0.29) is 11.6 Å². The van der Waals surface area contributed by atoms with E-state index in [0.29, 0.717) is 0 Å². The maximum absolute atomic E-state index is 4.99. The molecule has 0 N–H and O–H groups in total. The van der Waals surface area contributed by atoms with Crippen LogP contribution in [0, 0.1) is 0 Å². The number of hydrogen-bond donors (Lipinski definition) is 0. The lowest BCUT2D eigenvalue weighted by Gasteiger charge is -2.49. The topological polar surface area (TPSA) is 19.4 Å². The van der Waals surface area contributed by atoms with Gasteiger partial charge in [-0.25, -0.2) is 4.98 Å². The minimum atomic E-state index is -1.63. The number of aromatic nitrogens is 1. The SMILES string of the molecule is C=C1C2N(c3ccccc3C1(CC)CC)c1nccc([Si](C)(C)C)c1N2c1ccccc1. The summed E-state index contributed by atoms with van der Waals surface area (Å²) in [4.78, 5) is 9.97. The largest absolute Gasteiger partial charge is 0.313 e. The van der Waals surface area contributed by atoms with E-state index < -0.39 is 8.07 Å². The number of fused-ring (bicyclic) bond motifs is 5. The van der Waals surface area contributed by atoms with Crippen molar-refractivity contribution in [2.45, 2.75) is 57.9 Å². The van der Waals surface area contributed by atoms with E-state index in [1.165, 1.54) is 33.4 Å². The predicted octanol–water partition coefficient (Wildman–Crippen LogP) is 6.87. The van der Waals surface area contributed by atoms with Gasteiger partial charge in [0, 0.05) is 23.0 Å². The molecule has 2 aromatic carbocycles. The van der Waals surface area contributed by atoms with Crippen molar-refractivity contribution < 1.29 is 0 Å². The lowest BCUT2D eigenvalue weighted by Crippen LogP contribution is -2.51. The van der Waals surface area contributed by atoms with Gasteiger partial charge < -0.3 is 4.90 Å². The molecule has 5 rings (SSSR count). The van der Waals surface area contributed by atoms with Gasteiger partial charge in [-0.2, -0.15) is 0 Å².